The van der Waals surface area contributed by atoms with E-state index in [0.29, 0.717) is 22.9 Å². The SMILES string of the molecule is Nc1ccc(Oc2ccc(Oc3cccc(N)c3)cc2-c2ccccc2)cc1. The van der Waals surface area contributed by atoms with E-state index in [1.807, 2.05) is 91.0 Å². The molecule has 4 N–H and O–H groups in total. The molecule has 0 aliphatic rings. The van der Waals surface area contributed by atoms with E-state index < -0.39 is 0 Å². The van der Waals surface area contributed by atoms with Crippen LogP contribution >= 0.6 is 0 Å². The second kappa shape index (κ2) is 7.76. The Hall–Kier alpha value is -3.92. The van der Waals surface area contributed by atoms with Crippen LogP contribution in [0.2, 0.25) is 0 Å². The zero-order valence-electron chi connectivity index (χ0n) is 15.2. The highest BCUT2D eigenvalue weighted by atomic mass is 16.5. The third kappa shape index (κ3) is 4.07. The molecule has 0 atom stereocenters. The van der Waals surface area contributed by atoms with Crippen LogP contribution in [-0.4, -0.2) is 0 Å². The Kier molecular flexibility index (Phi) is 4.85. The molecule has 138 valence electrons. The lowest BCUT2D eigenvalue weighted by Crippen LogP contribution is -1.92. The predicted molar refractivity (Wildman–Crippen MR) is 114 cm³/mol. The summed E-state index contributed by atoms with van der Waals surface area (Å²) in [4.78, 5) is 0. The molecule has 4 aromatic rings. The van der Waals surface area contributed by atoms with Crippen molar-refractivity contribution in [3.05, 3.63) is 97.1 Å². The number of anilines is 2. The Labute approximate surface area is 164 Å². The maximum atomic E-state index is 6.11. The van der Waals surface area contributed by atoms with Crippen LogP contribution in [0.1, 0.15) is 0 Å². The summed E-state index contributed by atoms with van der Waals surface area (Å²) >= 11 is 0. The van der Waals surface area contributed by atoms with E-state index in [0.717, 1.165) is 22.6 Å². The van der Waals surface area contributed by atoms with Gasteiger partial charge in [-0.05, 0) is 60.2 Å². The van der Waals surface area contributed by atoms with Gasteiger partial charge in [0.05, 0.1) is 0 Å². The monoisotopic (exact) mass is 368 g/mol. The molecule has 0 spiro atoms. The van der Waals surface area contributed by atoms with Gasteiger partial charge in [-0.25, -0.2) is 0 Å². The summed E-state index contributed by atoms with van der Waals surface area (Å²) in [6.07, 6.45) is 0. The van der Waals surface area contributed by atoms with Gasteiger partial charge in [0.2, 0.25) is 0 Å². The van der Waals surface area contributed by atoms with Gasteiger partial charge in [0.25, 0.3) is 0 Å². The van der Waals surface area contributed by atoms with Crippen LogP contribution in [0.5, 0.6) is 23.0 Å². The molecule has 0 aromatic heterocycles. The maximum absolute atomic E-state index is 6.11. The molecule has 0 amide bonds. The molecular weight excluding hydrogens is 348 g/mol. The van der Waals surface area contributed by atoms with Gasteiger partial charge in [0.1, 0.15) is 23.0 Å². The second-order valence-electron chi connectivity index (χ2n) is 6.37. The largest absolute Gasteiger partial charge is 0.457 e. The van der Waals surface area contributed by atoms with Crippen molar-refractivity contribution in [1.82, 2.24) is 0 Å². The number of hydrogen-bond acceptors (Lipinski definition) is 4. The maximum Gasteiger partial charge on any atom is 0.135 e. The number of benzene rings is 4. The van der Waals surface area contributed by atoms with E-state index in [4.69, 9.17) is 20.9 Å². The van der Waals surface area contributed by atoms with Gasteiger partial charge in [-0.15, -0.1) is 0 Å². The molecule has 4 heteroatoms. The summed E-state index contributed by atoms with van der Waals surface area (Å²) < 4.78 is 12.1. The molecule has 4 nitrogen and oxygen atoms in total. The Morgan fingerprint density at radius 1 is 0.500 bits per heavy atom. The minimum absolute atomic E-state index is 0.657. The molecule has 0 radical (unpaired) electrons. The molecule has 28 heavy (non-hydrogen) atoms. The van der Waals surface area contributed by atoms with Gasteiger partial charge in [0, 0.05) is 23.0 Å². The van der Waals surface area contributed by atoms with Crippen LogP contribution in [0, 0.1) is 0 Å². The van der Waals surface area contributed by atoms with Crippen LogP contribution < -0.4 is 20.9 Å². The highest BCUT2D eigenvalue weighted by molar-refractivity contribution is 5.72. The van der Waals surface area contributed by atoms with Crippen LogP contribution in [-0.2, 0) is 0 Å². The van der Waals surface area contributed by atoms with E-state index in [1.54, 1.807) is 6.07 Å². The average molecular weight is 368 g/mol. The van der Waals surface area contributed by atoms with Crippen LogP contribution in [0.15, 0.2) is 97.1 Å². The Bertz CT molecular complexity index is 1080. The number of ether oxygens (including phenoxy) is 2. The first kappa shape index (κ1) is 17.5. The van der Waals surface area contributed by atoms with Crippen LogP contribution in [0.25, 0.3) is 11.1 Å². The zero-order chi connectivity index (χ0) is 19.3. The van der Waals surface area contributed by atoms with E-state index in [1.165, 1.54) is 0 Å². The minimum Gasteiger partial charge on any atom is -0.457 e. The first-order valence-corrected chi connectivity index (χ1v) is 8.94. The summed E-state index contributed by atoms with van der Waals surface area (Å²) in [5.41, 5.74) is 14.9. The fourth-order valence-electron chi connectivity index (χ4n) is 2.88. The number of nitrogens with two attached hydrogens (primary N) is 2. The van der Waals surface area contributed by atoms with Crippen molar-refractivity contribution < 1.29 is 9.47 Å². The number of nitrogen functional groups attached to an aromatic ring is 2. The van der Waals surface area contributed by atoms with Crippen molar-refractivity contribution in [1.29, 1.82) is 0 Å². The predicted octanol–water partition coefficient (Wildman–Crippen LogP) is 6.10. The zero-order valence-corrected chi connectivity index (χ0v) is 15.2. The van der Waals surface area contributed by atoms with E-state index in [9.17, 15) is 0 Å². The standard InChI is InChI=1S/C24H20N2O2/c25-18-9-11-20(12-10-18)28-24-14-13-22(27-21-8-4-7-19(26)15-21)16-23(24)17-5-2-1-3-6-17/h1-16H,25-26H2. The van der Waals surface area contributed by atoms with Crippen molar-refractivity contribution in [3.8, 4) is 34.1 Å². The fraction of sp³-hybridized carbons (Fsp3) is 0. The van der Waals surface area contributed by atoms with Crippen molar-refractivity contribution >= 4 is 11.4 Å². The van der Waals surface area contributed by atoms with E-state index in [2.05, 4.69) is 0 Å². The second-order valence-corrected chi connectivity index (χ2v) is 6.37. The van der Waals surface area contributed by atoms with Crippen LogP contribution in [0.4, 0.5) is 11.4 Å². The quantitative estimate of drug-likeness (QED) is 0.417. The summed E-state index contributed by atoms with van der Waals surface area (Å²) in [5.74, 6) is 2.84. The van der Waals surface area contributed by atoms with Gasteiger partial charge in [-0.1, -0.05) is 36.4 Å². The molecule has 4 rings (SSSR count). The lowest BCUT2D eigenvalue weighted by atomic mass is 10.0. The van der Waals surface area contributed by atoms with Crippen LogP contribution in [0.3, 0.4) is 0 Å². The van der Waals surface area contributed by atoms with Crippen molar-refractivity contribution in [2.24, 2.45) is 0 Å². The highest BCUT2D eigenvalue weighted by Crippen LogP contribution is 2.37. The summed E-state index contributed by atoms with van der Waals surface area (Å²) in [6.45, 7) is 0. The molecule has 0 saturated carbocycles. The molecule has 0 heterocycles. The van der Waals surface area contributed by atoms with Crippen molar-refractivity contribution in [3.63, 3.8) is 0 Å². The van der Waals surface area contributed by atoms with Gasteiger partial charge in [-0.2, -0.15) is 0 Å². The third-order valence-electron chi connectivity index (χ3n) is 4.24. The summed E-state index contributed by atoms with van der Waals surface area (Å²) in [5, 5.41) is 0. The van der Waals surface area contributed by atoms with E-state index in [-0.39, 0.29) is 0 Å². The lowest BCUT2D eigenvalue weighted by Gasteiger charge is -2.14. The summed E-state index contributed by atoms with van der Waals surface area (Å²) in [6, 6.07) is 30.5. The first-order chi connectivity index (χ1) is 13.7. The molecule has 0 bridgehead atoms. The lowest BCUT2D eigenvalue weighted by molar-refractivity contribution is 0.471. The minimum atomic E-state index is 0.657. The Morgan fingerprint density at radius 3 is 1.96 bits per heavy atom. The molecule has 0 fully saturated rings. The highest BCUT2D eigenvalue weighted by Gasteiger charge is 2.10. The number of hydrogen-bond donors (Lipinski definition) is 2. The summed E-state index contributed by atoms with van der Waals surface area (Å²) in [7, 11) is 0. The van der Waals surface area contributed by atoms with Gasteiger partial charge >= 0.3 is 0 Å². The number of rotatable bonds is 5. The Balaban J connectivity index is 1.70. The molecule has 0 aliphatic heterocycles. The third-order valence-corrected chi connectivity index (χ3v) is 4.24. The van der Waals surface area contributed by atoms with Crippen molar-refractivity contribution in [2.45, 2.75) is 0 Å². The van der Waals surface area contributed by atoms with E-state index >= 15 is 0 Å². The molecule has 4 aromatic carbocycles. The normalized spacial score (nSPS) is 10.4. The topological polar surface area (TPSA) is 70.5 Å². The van der Waals surface area contributed by atoms with Gasteiger partial charge < -0.3 is 20.9 Å². The van der Waals surface area contributed by atoms with Crippen molar-refractivity contribution in [2.75, 3.05) is 11.5 Å². The molecule has 0 unspecified atom stereocenters. The fourth-order valence-corrected chi connectivity index (χ4v) is 2.88. The van der Waals surface area contributed by atoms with Gasteiger partial charge in [0.15, 0.2) is 0 Å². The first-order valence-electron chi connectivity index (χ1n) is 8.94. The smallest absolute Gasteiger partial charge is 0.135 e. The molecule has 0 aliphatic carbocycles. The average Bonchev–Trinajstić information content (AvgIpc) is 2.71. The Morgan fingerprint density at radius 2 is 1.21 bits per heavy atom. The van der Waals surface area contributed by atoms with Gasteiger partial charge in [-0.3, -0.25) is 0 Å². The molecular formula is C24H20N2O2. The molecule has 0 saturated heterocycles.